The minimum absolute atomic E-state index is 0.521. The van der Waals surface area contributed by atoms with Gasteiger partial charge in [-0.3, -0.25) is 9.48 Å². The summed E-state index contributed by atoms with van der Waals surface area (Å²) >= 11 is 0. The molecule has 0 aliphatic heterocycles. The first-order valence-corrected chi connectivity index (χ1v) is 4.81. The van der Waals surface area contributed by atoms with Gasteiger partial charge in [0.1, 0.15) is 0 Å². The van der Waals surface area contributed by atoms with Crippen LogP contribution in [0.4, 0.5) is 0 Å². The zero-order valence-corrected chi connectivity index (χ0v) is 8.82. The van der Waals surface area contributed by atoms with Gasteiger partial charge in [0, 0.05) is 12.7 Å². The van der Waals surface area contributed by atoms with E-state index in [2.05, 4.69) is 12.0 Å². The molecule has 1 N–H and O–H groups in total. The first kappa shape index (κ1) is 10.8. The summed E-state index contributed by atoms with van der Waals surface area (Å²) in [4.78, 5) is 10.7. The van der Waals surface area contributed by atoms with Gasteiger partial charge in [0.25, 0.3) is 0 Å². The van der Waals surface area contributed by atoms with Gasteiger partial charge in [-0.25, -0.2) is 0 Å². The van der Waals surface area contributed by atoms with Crippen LogP contribution in [0.1, 0.15) is 37.6 Å². The summed E-state index contributed by atoms with van der Waals surface area (Å²) in [5.41, 5.74) is 1.74. The molecule has 0 aliphatic carbocycles. The molecular weight excluding hydrogens is 180 g/mol. The second kappa shape index (κ2) is 4.26. The van der Waals surface area contributed by atoms with Crippen LogP contribution in [-0.2, 0) is 18.3 Å². The van der Waals surface area contributed by atoms with Crippen LogP contribution in [0, 0.1) is 0 Å². The molecule has 78 valence electrons. The van der Waals surface area contributed by atoms with Crippen LogP contribution >= 0.6 is 0 Å². The third-order valence-electron chi connectivity index (χ3n) is 2.32. The molecule has 1 rings (SSSR count). The van der Waals surface area contributed by atoms with Crippen LogP contribution in [0.25, 0.3) is 0 Å². The van der Waals surface area contributed by atoms with Crippen LogP contribution in [0.3, 0.4) is 0 Å². The van der Waals surface area contributed by atoms with Gasteiger partial charge in [-0.15, -0.1) is 0 Å². The van der Waals surface area contributed by atoms with Crippen molar-refractivity contribution in [1.82, 2.24) is 9.78 Å². The highest BCUT2D eigenvalue weighted by Gasteiger charge is 2.17. The molecule has 0 amide bonds. The molecule has 0 saturated heterocycles. The fraction of sp³-hybridized carbons (Fsp3) is 0.600. The van der Waals surface area contributed by atoms with Crippen molar-refractivity contribution in [3.8, 4) is 0 Å². The lowest BCUT2D eigenvalue weighted by molar-refractivity contribution is -0.138. The average molecular weight is 196 g/mol. The highest BCUT2D eigenvalue weighted by Crippen LogP contribution is 2.15. The van der Waals surface area contributed by atoms with Gasteiger partial charge in [0.2, 0.25) is 0 Å². The van der Waals surface area contributed by atoms with Gasteiger partial charge in [-0.05, 0) is 19.4 Å². The first-order chi connectivity index (χ1) is 6.56. The molecule has 0 spiro atoms. The molecule has 0 aliphatic rings. The number of hydrogen-bond donors (Lipinski definition) is 1. The van der Waals surface area contributed by atoms with E-state index in [9.17, 15) is 4.79 Å². The Morgan fingerprint density at radius 1 is 1.71 bits per heavy atom. The summed E-state index contributed by atoms with van der Waals surface area (Å²) in [6.45, 7) is 3.74. The quantitative estimate of drug-likeness (QED) is 0.795. The maximum Gasteiger partial charge on any atom is 0.312 e. The fourth-order valence-electron chi connectivity index (χ4n) is 1.36. The summed E-state index contributed by atoms with van der Waals surface area (Å²) in [6, 6.07) is 1.88. The van der Waals surface area contributed by atoms with Gasteiger partial charge < -0.3 is 5.11 Å². The van der Waals surface area contributed by atoms with Crippen LogP contribution < -0.4 is 0 Å². The zero-order valence-electron chi connectivity index (χ0n) is 8.82. The lowest BCUT2D eigenvalue weighted by Crippen LogP contribution is -2.08. The van der Waals surface area contributed by atoms with E-state index in [0.29, 0.717) is 5.69 Å². The molecule has 1 heterocycles. The van der Waals surface area contributed by atoms with E-state index in [1.54, 1.807) is 11.6 Å². The predicted molar refractivity (Wildman–Crippen MR) is 53.3 cm³/mol. The van der Waals surface area contributed by atoms with Crippen LogP contribution in [0.5, 0.6) is 0 Å². The molecule has 1 atom stereocenters. The van der Waals surface area contributed by atoms with Gasteiger partial charge in [-0.2, -0.15) is 5.10 Å². The molecule has 0 saturated carbocycles. The third kappa shape index (κ3) is 2.13. The Kier molecular flexibility index (Phi) is 3.28. The summed E-state index contributed by atoms with van der Waals surface area (Å²) in [6.07, 6.45) is 1.98. The second-order valence-corrected chi connectivity index (χ2v) is 3.49. The second-order valence-electron chi connectivity index (χ2n) is 3.49. The SMILES string of the molecule is CCCc1cc(C(C)C(=O)O)nn1C. The number of rotatable bonds is 4. The van der Waals surface area contributed by atoms with Crippen molar-refractivity contribution in [3.63, 3.8) is 0 Å². The van der Waals surface area contributed by atoms with Crippen molar-refractivity contribution >= 4 is 5.97 Å². The molecule has 0 fully saturated rings. The summed E-state index contributed by atoms with van der Waals surface area (Å²) in [7, 11) is 1.85. The van der Waals surface area contributed by atoms with Gasteiger partial charge in [0.05, 0.1) is 11.6 Å². The summed E-state index contributed by atoms with van der Waals surface area (Å²) < 4.78 is 1.76. The smallest absolute Gasteiger partial charge is 0.312 e. The Balaban J connectivity index is 2.90. The number of aliphatic carboxylic acids is 1. The number of carboxylic acids is 1. The fourth-order valence-corrected chi connectivity index (χ4v) is 1.36. The number of aromatic nitrogens is 2. The Labute approximate surface area is 83.5 Å². The van der Waals surface area contributed by atoms with E-state index < -0.39 is 11.9 Å². The summed E-state index contributed by atoms with van der Waals surface area (Å²) in [5, 5.41) is 13.0. The molecule has 4 heteroatoms. The Morgan fingerprint density at radius 3 is 2.86 bits per heavy atom. The largest absolute Gasteiger partial charge is 0.481 e. The van der Waals surface area contributed by atoms with Crippen LogP contribution in [-0.4, -0.2) is 20.9 Å². The zero-order chi connectivity index (χ0) is 10.7. The highest BCUT2D eigenvalue weighted by molar-refractivity contribution is 5.74. The van der Waals surface area contributed by atoms with E-state index in [4.69, 9.17) is 5.11 Å². The maximum atomic E-state index is 10.7. The molecule has 0 aromatic carbocycles. The van der Waals surface area contributed by atoms with E-state index >= 15 is 0 Å². The number of aryl methyl sites for hydroxylation is 2. The van der Waals surface area contributed by atoms with Crippen molar-refractivity contribution in [2.45, 2.75) is 32.6 Å². The topological polar surface area (TPSA) is 55.1 Å². The van der Waals surface area contributed by atoms with Crippen molar-refractivity contribution in [2.24, 2.45) is 7.05 Å². The van der Waals surface area contributed by atoms with Gasteiger partial charge in [0.15, 0.2) is 0 Å². The van der Waals surface area contributed by atoms with E-state index in [1.165, 1.54) is 0 Å². The van der Waals surface area contributed by atoms with Gasteiger partial charge >= 0.3 is 5.97 Å². The molecule has 0 bridgehead atoms. The Bertz CT molecular complexity index is 331. The van der Waals surface area contributed by atoms with E-state index in [0.717, 1.165) is 18.5 Å². The Morgan fingerprint density at radius 2 is 2.36 bits per heavy atom. The molecule has 1 aromatic heterocycles. The third-order valence-corrected chi connectivity index (χ3v) is 2.32. The van der Waals surface area contributed by atoms with Crippen LogP contribution in [0.15, 0.2) is 6.07 Å². The first-order valence-electron chi connectivity index (χ1n) is 4.81. The lowest BCUT2D eigenvalue weighted by atomic mass is 10.1. The molecule has 1 unspecified atom stereocenters. The lowest BCUT2D eigenvalue weighted by Gasteiger charge is -1.99. The Hall–Kier alpha value is -1.32. The maximum absolute atomic E-state index is 10.7. The van der Waals surface area contributed by atoms with Crippen molar-refractivity contribution in [2.75, 3.05) is 0 Å². The number of carboxylic acid groups (broad SMARTS) is 1. The molecular formula is C10H16N2O2. The standard InChI is InChI=1S/C10H16N2O2/c1-4-5-8-6-9(11-12(8)3)7(2)10(13)14/h6-7H,4-5H2,1-3H3,(H,13,14). The van der Waals surface area contributed by atoms with Crippen molar-refractivity contribution in [1.29, 1.82) is 0 Å². The number of hydrogen-bond acceptors (Lipinski definition) is 2. The predicted octanol–water partition coefficient (Wildman–Crippen LogP) is 1.56. The van der Waals surface area contributed by atoms with Gasteiger partial charge in [-0.1, -0.05) is 13.3 Å². The average Bonchev–Trinajstić information content (AvgIpc) is 2.47. The molecule has 14 heavy (non-hydrogen) atoms. The minimum atomic E-state index is -0.828. The molecule has 0 radical (unpaired) electrons. The molecule has 1 aromatic rings. The van der Waals surface area contributed by atoms with E-state index in [1.807, 2.05) is 13.1 Å². The van der Waals surface area contributed by atoms with Crippen molar-refractivity contribution in [3.05, 3.63) is 17.5 Å². The monoisotopic (exact) mass is 196 g/mol. The van der Waals surface area contributed by atoms with Crippen LogP contribution in [0.2, 0.25) is 0 Å². The van der Waals surface area contributed by atoms with E-state index in [-0.39, 0.29) is 0 Å². The normalized spacial score (nSPS) is 12.8. The highest BCUT2D eigenvalue weighted by atomic mass is 16.4. The summed E-state index contributed by atoms with van der Waals surface area (Å²) in [5.74, 6) is -1.35. The number of carbonyl (C=O) groups is 1. The van der Waals surface area contributed by atoms with Crippen molar-refractivity contribution < 1.29 is 9.90 Å². The molecule has 4 nitrogen and oxygen atoms in total. The number of nitrogens with zero attached hydrogens (tertiary/aromatic N) is 2. The minimum Gasteiger partial charge on any atom is -0.481 e.